The number of amidine groups is 1. The van der Waals surface area contributed by atoms with Gasteiger partial charge in [0.25, 0.3) is 0 Å². The SMILES string of the molecule is FCc1cccc2cccc(C3=NC=C4C(OCC(F)(F)F)=NC(OCCC56CCCN5CCC6)=NC4C3F)c12. The first-order chi connectivity index (χ1) is 19.3. The second-order valence-electron chi connectivity index (χ2n) is 10.6. The summed E-state index contributed by atoms with van der Waals surface area (Å²) in [5.74, 6) is -0.415. The molecule has 6 nitrogen and oxygen atoms in total. The molecule has 2 atom stereocenters. The lowest BCUT2D eigenvalue weighted by Gasteiger charge is -2.32. The van der Waals surface area contributed by atoms with Gasteiger partial charge in [0.05, 0.1) is 17.9 Å². The summed E-state index contributed by atoms with van der Waals surface area (Å²) in [5, 5.41) is 1.25. The van der Waals surface area contributed by atoms with E-state index < -0.39 is 37.6 Å². The van der Waals surface area contributed by atoms with Gasteiger partial charge in [-0.15, -0.1) is 0 Å². The number of nitrogens with zero attached hydrogens (tertiary/aromatic N) is 4. The molecule has 0 saturated carbocycles. The first-order valence-corrected chi connectivity index (χ1v) is 13.5. The number of fused-ring (bicyclic) bond motifs is 3. The third kappa shape index (κ3) is 5.00. The maximum absolute atomic E-state index is 16.2. The van der Waals surface area contributed by atoms with Gasteiger partial charge in [-0.1, -0.05) is 36.4 Å². The van der Waals surface area contributed by atoms with Crippen molar-refractivity contribution in [3.05, 3.63) is 59.3 Å². The smallest absolute Gasteiger partial charge is 0.422 e. The Morgan fingerprint density at radius 1 is 1.02 bits per heavy atom. The number of ether oxygens (including phenoxy) is 2. The topological polar surface area (TPSA) is 58.8 Å². The van der Waals surface area contributed by atoms with E-state index in [0.717, 1.165) is 50.6 Å². The lowest BCUT2D eigenvalue weighted by atomic mass is 9.89. The average molecular weight is 561 g/mol. The standard InChI is InChI=1S/C29H29F5N4O2/c30-15-19-7-1-5-18-6-2-8-20(22(18)19)24-23(31)25-21(16-35-24)26(40-17-29(32,33)34)37-27(36-25)39-14-11-28-9-3-12-38(28)13-4-10-28/h1-2,5-8,16,23,25H,3-4,9-15,17H2. The minimum Gasteiger partial charge on any atom is -0.468 e. The largest absolute Gasteiger partial charge is 0.468 e. The quantitative estimate of drug-likeness (QED) is 0.402. The van der Waals surface area contributed by atoms with E-state index >= 15 is 4.39 Å². The van der Waals surface area contributed by atoms with Crippen molar-refractivity contribution in [2.45, 2.75) is 62.7 Å². The molecule has 0 aromatic heterocycles. The van der Waals surface area contributed by atoms with Gasteiger partial charge in [0.15, 0.2) is 12.8 Å². The lowest BCUT2D eigenvalue weighted by molar-refractivity contribution is -0.156. The Morgan fingerprint density at radius 2 is 1.77 bits per heavy atom. The van der Waals surface area contributed by atoms with Crippen LogP contribution in [0.15, 0.2) is 63.1 Å². The fraction of sp³-hybridized carbons (Fsp3) is 0.483. The molecule has 4 heterocycles. The predicted octanol–water partition coefficient (Wildman–Crippen LogP) is 6.08. The Morgan fingerprint density at radius 3 is 2.50 bits per heavy atom. The van der Waals surface area contributed by atoms with Crippen LogP contribution in [0.25, 0.3) is 10.8 Å². The normalized spacial score (nSPS) is 24.1. The van der Waals surface area contributed by atoms with E-state index in [-0.39, 0.29) is 29.5 Å². The third-order valence-electron chi connectivity index (χ3n) is 8.29. The van der Waals surface area contributed by atoms with Crippen LogP contribution in [0.3, 0.4) is 0 Å². The second-order valence-corrected chi connectivity index (χ2v) is 10.6. The summed E-state index contributed by atoms with van der Waals surface area (Å²) in [5.41, 5.74) is 0.849. The van der Waals surface area contributed by atoms with Crippen LogP contribution < -0.4 is 0 Å². The van der Waals surface area contributed by atoms with Gasteiger partial charge in [-0.2, -0.15) is 18.2 Å². The zero-order valence-corrected chi connectivity index (χ0v) is 21.8. The number of hydrogen-bond donors (Lipinski definition) is 0. The maximum atomic E-state index is 16.2. The van der Waals surface area contributed by atoms with Crippen LogP contribution >= 0.6 is 0 Å². The van der Waals surface area contributed by atoms with Crippen LogP contribution in [0, 0.1) is 0 Å². The van der Waals surface area contributed by atoms with Crippen molar-refractivity contribution in [2.75, 3.05) is 26.3 Å². The summed E-state index contributed by atoms with van der Waals surface area (Å²) in [7, 11) is 0. The Labute approximate surface area is 228 Å². The molecule has 40 heavy (non-hydrogen) atoms. The van der Waals surface area contributed by atoms with Gasteiger partial charge in [-0.25, -0.2) is 13.8 Å². The van der Waals surface area contributed by atoms with Crippen molar-refractivity contribution in [1.29, 1.82) is 0 Å². The molecule has 11 heteroatoms. The number of hydrogen-bond acceptors (Lipinski definition) is 6. The van der Waals surface area contributed by atoms with E-state index in [1.165, 1.54) is 6.20 Å². The van der Waals surface area contributed by atoms with Crippen LogP contribution in [-0.4, -0.2) is 72.8 Å². The van der Waals surface area contributed by atoms with Gasteiger partial charge in [-0.05, 0) is 61.5 Å². The molecule has 0 spiro atoms. The van der Waals surface area contributed by atoms with E-state index in [0.29, 0.717) is 16.5 Å². The number of alkyl halides is 5. The molecule has 212 valence electrons. The Hall–Kier alpha value is -3.34. The van der Waals surface area contributed by atoms with Crippen molar-refractivity contribution in [3.8, 4) is 0 Å². The summed E-state index contributed by atoms with van der Waals surface area (Å²) in [6.45, 7) is -0.000182. The zero-order valence-electron chi connectivity index (χ0n) is 21.8. The Bertz CT molecular complexity index is 1400. The molecule has 0 amide bonds. The molecule has 0 N–H and O–H groups in total. The van der Waals surface area contributed by atoms with Gasteiger partial charge in [-0.3, -0.25) is 9.89 Å². The van der Waals surface area contributed by atoms with Gasteiger partial charge in [0.2, 0.25) is 5.90 Å². The highest BCUT2D eigenvalue weighted by Crippen LogP contribution is 2.41. The number of benzene rings is 2. The lowest BCUT2D eigenvalue weighted by Crippen LogP contribution is -2.41. The van der Waals surface area contributed by atoms with Crippen LogP contribution in [-0.2, 0) is 16.1 Å². The average Bonchev–Trinajstić information content (AvgIpc) is 3.51. The molecule has 2 aromatic rings. The number of aliphatic imine (C=N–C) groups is 3. The zero-order chi connectivity index (χ0) is 27.9. The molecule has 2 aromatic carbocycles. The molecule has 0 aliphatic carbocycles. The first-order valence-electron chi connectivity index (χ1n) is 13.5. The fourth-order valence-corrected chi connectivity index (χ4v) is 6.47. The number of halogens is 5. The van der Waals surface area contributed by atoms with Crippen LogP contribution in [0.5, 0.6) is 0 Å². The van der Waals surface area contributed by atoms with Crippen molar-refractivity contribution >= 4 is 28.4 Å². The fourth-order valence-electron chi connectivity index (χ4n) is 6.47. The van der Waals surface area contributed by atoms with Gasteiger partial charge in [0, 0.05) is 17.3 Å². The molecule has 4 aliphatic rings. The van der Waals surface area contributed by atoms with E-state index in [4.69, 9.17) is 9.47 Å². The monoisotopic (exact) mass is 560 g/mol. The first kappa shape index (κ1) is 26.9. The molecule has 0 bridgehead atoms. The van der Waals surface area contributed by atoms with Gasteiger partial charge in [0.1, 0.15) is 12.7 Å². The third-order valence-corrected chi connectivity index (χ3v) is 8.29. The highest BCUT2D eigenvalue weighted by Gasteiger charge is 2.44. The minimum atomic E-state index is -4.62. The summed E-state index contributed by atoms with van der Waals surface area (Å²) in [6, 6.07) is 8.82. The Kier molecular flexibility index (Phi) is 7.10. The summed E-state index contributed by atoms with van der Waals surface area (Å²) >= 11 is 0. The minimum absolute atomic E-state index is 0.00448. The Balaban J connectivity index is 1.30. The van der Waals surface area contributed by atoms with Gasteiger partial charge >= 0.3 is 12.2 Å². The molecule has 2 saturated heterocycles. The summed E-state index contributed by atoms with van der Waals surface area (Å²) in [6.07, 6.45) is -0.136. The molecule has 0 radical (unpaired) electrons. The molecule has 2 unspecified atom stereocenters. The highest BCUT2D eigenvalue weighted by molar-refractivity contribution is 6.16. The van der Waals surface area contributed by atoms with Crippen LogP contribution in [0.2, 0.25) is 0 Å². The summed E-state index contributed by atoms with van der Waals surface area (Å²) in [4.78, 5) is 15.2. The van der Waals surface area contributed by atoms with E-state index in [1.807, 2.05) is 0 Å². The molecule has 4 aliphatic heterocycles. The summed E-state index contributed by atoms with van der Waals surface area (Å²) < 4.78 is 80.0. The molecule has 6 rings (SSSR count). The van der Waals surface area contributed by atoms with Crippen molar-refractivity contribution in [3.63, 3.8) is 0 Å². The van der Waals surface area contributed by atoms with E-state index in [9.17, 15) is 17.6 Å². The maximum Gasteiger partial charge on any atom is 0.422 e. The molecule has 2 fully saturated rings. The van der Waals surface area contributed by atoms with Gasteiger partial charge < -0.3 is 9.47 Å². The number of rotatable bonds is 6. The van der Waals surface area contributed by atoms with Crippen LogP contribution in [0.1, 0.15) is 43.2 Å². The molecular formula is C29H29F5N4O2. The molecular weight excluding hydrogens is 531 g/mol. The van der Waals surface area contributed by atoms with Crippen molar-refractivity contribution in [2.24, 2.45) is 15.0 Å². The van der Waals surface area contributed by atoms with E-state index in [2.05, 4.69) is 19.9 Å². The van der Waals surface area contributed by atoms with Crippen molar-refractivity contribution < 1.29 is 31.4 Å². The van der Waals surface area contributed by atoms with E-state index in [1.54, 1.807) is 36.4 Å². The van der Waals surface area contributed by atoms with Crippen molar-refractivity contribution in [1.82, 2.24) is 4.90 Å². The highest BCUT2D eigenvalue weighted by atomic mass is 19.4. The second kappa shape index (κ2) is 10.6. The predicted molar refractivity (Wildman–Crippen MR) is 142 cm³/mol. The van der Waals surface area contributed by atoms with Crippen LogP contribution in [0.4, 0.5) is 22.0 Å².